The van der Waals surface area contributed by atoms with Crippen LogP contribution >= 0.6 is 0 Å². The Hall–Kier alpha value is -2.57. The van der Waals surface area contributed by atoms with Crippen LogP contribution in [0.15, 0.2) is 18.2 Å². The Labute approximate surface area is 152 Å². The van der Waals surface area contributed by atoms with E-state index in [9.17, 15) is 14.4 Å². The van der Waals surface area contributed by atoms with E-state index in [1.165, 1.54) is 19.1 Å². The Morgan fingerprint density at radius 1 is 0.962 bits per heavy atom. The van der Waals surface area contributed by atoms with Crippen LogP contribution in [0.25, 0.3) is 0 Å². The lowest BCUT2D eigenvalue weighted by molar-refractivity contribution is -0.141. The van der Waals surface area contributed by atoms with Crippen LogP contribution in [0.4, 0.5) is 0 Å². The fourth-order valence-electron chi connectivity index (χ4n) is 3.68. The summed E-state index contributed by atoms with van der Waals surface area (Å²) in [4.78, 5) is 38.2. The van der Waals surface area contributed by atoms with E-state index in [1.54, 1.807) is 18.2 Å². The zero-order valence-electron chi connectivity index (χ0n) is 15.0. The van der Waals surface area contributed by atoms with E-state index < -0.39 is 5.97 Å². The second-order valence-corrected chi connectivity index (χ2v) is 6.60. The van der Waals surface area contributed by atoms with Gasteiger partial charge in [0.05, 0.1) is 32.5 Å². The molecule has 1 aromatic carbocycles. The van der Waals surface area contributed by atoms with E-state index in [1.807, 2.05) is 0 Å². The highest BCUT2D eigenvalue weighted by Gasteiger charge is 2.47. The van der Waals surface area contributed by atoms with Crippen molar-refractivity contribution in [3.8, 4) is 17.2 Å². The first-order valence-corrected chi connectivity index (χ1v) is 8.82. The minimum atomic E-state index is -0.518. The summed E-state index contributed by atoms with van der Waals surface area (Å²) in [5.74, 6) is 0.0906. The molecule has 2 fully saturated rings. The molecule has 0 bridgehead atoms. The van der Waals surface area contributed by atoms with Crippen LogP contribution in [0.1, 0.15) is 32.1 Å². The molecule has 0 aromatic heterocycles. The number of ether oxygens (including phenoxy) is 3. The molecule has 0 radical (unpaired) electrons. The van der Waals surface area contributed by atoms with E-state index >= 15 is 0 Å². The van der Waals surface area contributed by atoms with Crippen molar-refractivity contribution in [2.24, 2.45) is 11.8 Å². The predicted octanol–water partition coefficient (Wildman–Crippen LogP) is 2.17. The third-order valence-corrected chi connectivity index (χ3v) is 5.03. The summed E-state index contributed by atoms with van der Waals surface area (Å²) < 4.78 is 15.6. The van der Waals surface area contributed by atoms with Crippen molar-refractivity contribution in [1.82, 2.24) is 4.90 Å². The molecule has 0 spiro atoms. The van der Waals surface area contributed by atoms with Gasteiger partial charge >= 0.3 is 5.97 Å². The maximum atomic E-state index is 12.4. The number of carbonyl (C=O) groups is 3. The Morgan fingerprint density at radius 3 is 1.96 bits per heavy atom. The number of likely N-dealkylation sites (tertiary alicyclic amines) is 1. The number of imide groups is 1. The van der Waals surface area contributed by atoms with E-state index in [2.05, 4.69) is 0 Å². The van der Waals surface area contributed by atoms with Crippen molar-refractivity contribution in [1.29, 1.82) is 0 Å². The number of hydrogen-bond donors (Lipinski definition) is 0. The Balaban J connectivity index is 1.59. The molecule has 3 rings (SSSR count). The van der Waals surface area contributed by atoms with Crippen molar-refractivity contribution in [3.63, 3.8) is 0 Å². The molecule has 1 saturated carbocycles. The monoisotopic (exact) mass is 361 g/mol. The summed E-state index contributed by atoms with van der Waals surface area (Å²) in [6, 6.07) is 4.81. The Bertz CT molecular complexity index is 670. The number of nitrogens with zero attached hydrogens (tertiary/aromatic N) is 1. The van der Waals surface area contributed by atoms with Gasteiger partial charge in [-0.05, 0) is 12.8 Å². The molecule has 1 aliphatic carbocycles. The van der Waals surface area contributed by atoms with Crippen LogP contribution in [0, 0.1) is 11.8 Å². The lowest BCUT2D eigenvalue weighted by Crippen LogP contribution is -2.33. The summed E-state index contributed by atoms with van der Waals surface area (Å²) in [5, 5.41) is 0. The average Bonchev–Trinajstić information content (AvgIpc) is 2.90. The van der Waals surface area contributed by atoms with Crippen LogP contribution in [0.2, 0.25) is 0 Å². The van der Waals surface area contributed by atoms with Crippen LogP contribution < -0.4 is 14.2 Å². The molecular formula is C19H23NO6. The lowest BCUT2D eigenvalue weighted by atomic mass is 9.81. The fraction of sp³-hybridized carbons (Fsp3) is 0.526. The third-order valence-electron chi connectivity index (χ3n) is 5.03. The van der Waals surface area contributed by atoms with E-state index in [4.69, 9.17) is 14.2 Å². The maximum Gasteiger partial charge on any atom is 0.313 e. The molecule has 1 saturated heterocycles. The van der Waals surface area contributed by atoms with Gasteiger partial charge in [-0.2, -0.15) is 0 Å². The molecule has 2 amide bonds. The molecule has 140 valence electrons. The van der Waals surface area contributed by atoms with Gasteiger partial charge in [0.1, 0.15) is 17.2 Å². The summed E-state index contributed by atoms with van der Waals surface area (Å²) in [7, 11) is 3.01. The van der Waals surface area contributed by atoms with E-state index in [-0.39, 0.29) is 36.6 Å². The first-order chi connectivity index (χ1) is 12.5. The lowest BCUT2D eigenvalue weighted by Gasteiger charge is -2.19. The average molecular weight is 361 g/mol. The van der Waals surface area contributed by atoms with Gasteiger partial charge in [0, 0.05) is 24.7 Å². The highest BCUT2D eigenvalue weighted by Crippen LogP contribution is 2.38. The molecule has 1 aromatic rings. The van der Waals surface area contributed by atoms with Gasteiger partial charge in [0.25, 0.3) is 0 Å². The number of esters is 1. The van der Waals surface area contributed by atoms with Gasteiger partial charge < -0.3 is 14.2 Å². The molecular weight excluding hydrogens is 338 g/mol. The van der Waals surface area contributed by atoms with Gasteiger partial charge in [0.15, 0.2) is 0 Å². The predicted molar refractivity (Wildman–Crippen MR) is 92.0 cm³/mol. The van der Waals surface area contributed by atoms with Crippen molar-refractivity contribution >= 4 is 17.8 Å². The number of carbonyl (C=O) groups excluding carboxylic acids is 3. The SMILES string of the molecule is COc1cc(OC)cc(OC(=O)CCN2C(=O)[C@@H]3CCCC[C@H]3C2=O)c1. The molecule has 0 N–H and O–H groups in total. The molecule has 26 heavy (non-hydrogen) atoms. The third kappa shape index (κ3) is 3.66. The molecule has 2 atom stereocenters. The highest BCUT2D eigenvalue weighted by molar-refractivity contribution is 6.05. The van der Waals surface area contributed by atoms with Crippen molar-refractivity contribution in [3.05, 3.63) is 18.2 Å². The van der Waals surface area contributed by atoms with Gasteiger partial charge in [-0.25, -0.2) is 0 Å². The number of methoxy groups -OCH3 is 2. The Kier molecular flexibility index (Phi) is 5.44. The van der Waals surface area contributed by atoms with Crippen LogP contribution in [-0.2, 0) is 14.4 Å². The van der Waals surface area contributed by atoms with Crippen LogP contribution in [-0.4, -0.2) is 43.4 Å². The van der Waals surface area contributed by atoms with Gasteiger partial charge in [-0.15, -0.1) is 0 Å². The summed E-state index contributed by atoms with van der Waals surface area (Å²) >= 11 is 0. The van der Waals surface area contributed by atoms with Crippen LogP contribution in [0.3, 0.4) is 0 Å². The summed E-state index contributed by atoms with van der Waals surface area (Å²) in [6.07, 6.45) is 3.44. The first-order valence-electron chi connectivity index (χ1n) is 8.82. The van der Waals surface area contributed by atoms with Crippen molar-refractivity contribution in [2.45, 2.75) is 32.1 Å². The highest BCUT2D eigenvalue weighted by atomic mass is 16.5. The topological polar surface area (TPSA) is 82.1 Å². The number of fused-ring (bicyclic) bond motifs is 1. The normalized spacial score (nSPS) is 22.2. The van der Waals surface area contributed by atoms with E-state index in [0.29, 0.717) is 17.2 Å². The smallest absolute Gasteiger partial charge is 0.313 e. The molecule has 7 heteroatoms. The van der Waals surface area contributed by atoms with Crippen LogP contribution in [0.5, 0.6) is 17.2 Å². The molecule has 1 aliphatic heterocycles. The molecule has 2 aliphatic rings. The standard InChI is InChI=1S/C19H23NO6/c1-24-12-9-13(25-2)11-14(10-12)26-17(21)7-8-20-18(22)15-5-3-4-6-16(15)19(20)23/h9-11,15-16H,3-8H2,1-2H3/t15-,16-/m1/s1. The van der Waals surface area contributed by atoms with Crippen molar-refractivity contribution < 1.29 is 28.6 Å². The number of rotatable bonds is 6. The quantitative estimate of drug-likeness (QED) is 0.439. The summed E-state index contributed by atoms with van der Waals surface area (Å²) in [6.45, 7) is 0.0601. The molecule has 0 unspecified atom stereocenters. The zero-order chi connectivity index (χ0) is 18.7. The minimum absolute atomic E-state index is 0.0452. The molecule has 1 heterocycles. The second-order valence-electron chi connectivity index (χ2n) is 6.60. The number of amides is 2. The van der Waals surface area contributed by atoms with Gasteiger partial charge in [-0.1, -0.05) is 12.8 Å². The van der Waals surface area contributed by atoms with E-state index in [0.717, 1.165) is 25.7 Å². The van der Waals surface area contributed by atoms with Gasteiger partial charge in [-0.3, -0.25) is 19.3 Å². The largest absolute Gasteiger partial charge is 0.496 e. The fourth-order valence-corrected chi connectivity index (χ4v) is 3.68. The maximum absolute atomic E-state index is 12.4. The van der Waals surface area contributed by atoms with Gasteiger partial charge in [0.2, 0.25) is 11.8 Å². The summed E-state index contributed by atoms with van der Waals surface area (Å²) in [5.41, 5.74) is 0. The second kappa shape index (κ2) is 7.76. The minimum Gasteiger partial charge on any atom is -0.496 e. The number of hydrogen-bond acceptors (Lipinski definition) is 6. The first kappa shape index (κ1) is 18.2. The van der Waals surface area contributed by atoms with Crippen molar-refractivity contribution in [2.75, 3.05) is 20.8 Å². The zero-order valence-corrected chi connectivity index (χ0v) is 15.0. The Morgan fingerprint density at radius 2 is 1.46 bits per heavy atom. The molecule has 7 nitrogen and oxygen atoms in total. The number of benzene rings is 1.